The summed E-state index contributed by atoms with van der Waals surface area (Å²) in [5.74, 6) is 0.108. The highest BCUT2D eigenvalue weighted by Crippen LogP contribution is 2.09. The Hall–Kier alpha value is -1.65. The van der Waals surface area contributed by atoms with E-state index in [1.54, 1.807) is 27.0 Å². The Labute approximate surface area is 101 Å². The number of carbonyl (C=O) groups is 2. The van der Waals surface area contributed by atoms with Crippen molar-refractivity contribution in [2.24, 2.45) is 0 Å². The zero-order chi connectivity index (χ0) is 13.1. The van der Waals surface area contributed by atoms with Crippen LogP contribution >= 0.6 is 0 Å². The van der Waals surface area contributed by atoms with Crippen LogP contribution in [0.4, 0.5) is 4.79 Å². The predicted molar refractivity (Wildman–Crippen MR) is 62.9 cm³/mol. The molecule has 0 N–H and O–H groups in total. The monoisotopic (exact) mass is 238 g/mol. The average molecular weight is 238 g/mol. The van der Waals surface area contributed by atoms with E-state index >= 15 is 0 Å². The number of nitrogens with zero attached hydrogens (tertiary/aromatic N) is 2. The molecule has 0 radical (unpaired) electrons. The second-order valence-electron chi connectivity index (χ2n) is 4.95. The van der Waals surface area contributed by atoms with Crippen LogP contribution in [0.25, 0.3) is 0 Å². The lowest BCUT2D eigenvalue weighted by Crippen LogP contribution is -2.26. The highest BCUT2D eigenvalue weighted by Gasteiger charge is 2.17. The maximum Gasteiger partial charge on any atom is 0.419 e. The molecule has 94 valence electrons. The van der Waals surface area contributed by atoms with Gasteiger partial charge in [0.05, 0.1) is 5.69 Å². The molecule has 0 bridgehead atoms. The molecule has 0 fully saturated rings. The third-order valence-corrected chi connectivity index (χ3v) is 1.97. The van der Waals surface area contributed by atoms with E-state index in [1.807, 2.05) is 0 Å². The fourth-order valence-corrected chi connectivity index (χ4v) is 1.21. The van der Waals surface area contributed by atoms with Crippen LogP contribution in [0.5, 0.6) is 0 Å². The minimum absolute atomic E-state index is 0.108. The van der Waals surface area contributed by atoms with Crippen molar-refractivity contribution in [1.82, 2.24) is 9.55 Å². The number of aromatic nitrogens is 2. The molecule has 1 rings (SSSR count). The van der Waals surface area contributed by atoms with Crippen molar-refractivity contribution in [2.75, 3.05) is 0 Å². The molecule has 5 nitrogen and oxygen atoms in total. The number of carbonyl (C=O) groups excluding carboxylic acids is 2. The van der Waals surface area contributed by atoms with Crippen molar-refractivity contribution in [2.45, 2.75) is 46.1 Å². The third kappa shape index (κ3) is 4.80. The van der Waals surface area contributed by atoms with E-state index in [2.05, 4.69) is 4.98 Å². The minimum atomic E-state index is -0.527. The van der Waals surface area contributed by atoms with E-state index in [0.29, 0.717) is 18.5 Å². The van der Waals surface area contributed by atoms with Crippen molar-refractivity contribution in [3.8, 4) is 0 Å². The van der Waals surface area contributed by atoms with Gasteiger partial charge in [0.2, 0.25) is 0 Å². The summed E-state index contributed by atoms with van der Waals surface area (Å²) < 4.78 is 6.47. The number of imidazole rings is 1. The zero-order valence-electron chi connectivity index (χ0n) is 10.7. The van der Waals surface area contributed by atoms with Crippen LogP contribution in [0.15, 0.2) is 12.5 Å². The molecule has 0 aliphatic rings. The van der Waals surface area contributed by atoms with Gasteiger partial charge >= 0.3 is 6.09 Å². The number of Topliss-reactive ketones (excluding diaryl/α,β-unsaturated/α-hetero) is 1. The number of ketones is 1. The standard InChI is InChI=1S/C12H18N2O3/c1-9(15)5-6-10-7-14(8-13-10)11(16)17-12(2,3)4/h7-8H,5-6H2,1-4H3. The second-order valence-corrected chi connectivity index (χ2v) is 4.95. The number of rotatable bonds is 3. The first-order chi connectivity index (χ1) is 7.78. The van der Waals surface area contributed by atoms with Gasteiger partial charge < -0.3 is 9.53 Å². The molecule has 0 aliphatic carbocycles. The molecule has 17 heavy (non-hydrogen) atoms. The first kappa shape index (κ1) is 13.4. The van der Waals surface area contributed by atoms with Gasteiger partial charge in [0.15, 0.2) is 0 Å². The number of hydrogen-bond donors (Lipinski definition) is 0. The largest absolute Gasteiger partial charge is 0.443 e. The lowest BCUT2D eigenvalue weighted by Gasteiger charge is -2.19. The zero-order valence-corrected chi connectivity index (χ0v) is 10.7. The Kier molecular flexibility index (Phi) is 4.04. The fraction of sp³-hybridized carbons (Fsp3) is 0.583. The van der Waals surface area contributed by atoms with Crippen molar-refractivity contribution in [1.29, 1.82) is 0 Å². The molecule has 0 saturated heterocycles. The molecule has 0 amide bonds. The van der Waals surface area contributed by atoms with Gasteiger partial charge in [-0.2, -0.15) is 0 Å². The van der Waals surface area contributed by atoms with E-state index in [-0.39, 0.29) is 5.78 Å². The molecule has 0 saturated carbocycles. The van der Waals surface area contributed by atoms with Gasteiger partial charge in [-0.3, -0.25) is 0 Å². The summed E-state index contributed by atoms with van der Waals surface area (Å²) in [5.41, 5.74) is 0.187. The van der Waals surface area contributed by atoms with Crippen LogP contribution in [0, 0.1) is 0 Å². The lowest BCUT2D eigenvalue weighted by molar-refractivity contribution is -0.117. The van der Waals surface area contributed by atoms with Gasteiger partial charge in [-0.25, -0.2) is 14.3 Å². The molecule has 1 aromatic heterocycles. The molecule has 0 aliphatic heterocycles. The van der Waals surface area contributed by atoms with Gasteiger partial charge in [0, 0.05) is 12.6 Å². The van der Waals surface area contributed by atoms with Crippen LogP contribution in [-0.4, -0.2) is 27.0 Å². The summed E-state index contributed by atoms with van der Waals surface area (Å²) in [6.45, 7) is 6.94. The summed E-state index contributed by atoms with van der Waals surface area (Å²) in [4.78, 5) is 26.5. The Balaban J connectivity index is 2.61. The summed E-state index contributed by atoms with van der Waals surface area (Å²) in [6, 6.07) is 0. The van der Waals surface area contributed by atoms with Gasteiger partial charge in [-0.1, -0.05) is 0 Å². The van der Waals surface area contributed by atoms with Gasteiger partial charge in [-0.05, 0) is 34.1 Å². The van der Waals surface area contributed by atoms with Crippen LogP contribution in [0.3, 0.4) is 0 Å². The minimum Gasteiger partial charge on any atom is -0.443 e. The Bertz CT molecular complexity index is 416. The topological polar surface area (TPSA) is 61.2 Å². The van der Waals surface area contributed by atoms with Gasteiger partial charge in [-0.15, -0.1) is 0 Å². The molecule has 0 atom stereocenters. The van der Waals surface area contributed by atoms with E-state index in [0.717, 1.165) is 0 Å². The Morgan fingerprint density at radius 2 is 2.06 bits per heavy atom. The molecular formula is C12H18N2O3. The smallest absolute Gasteiger partial charge is 0.419 e. The summed E-state index contributed by atoms with van der Waals surface area (Å²) in [5, 5.41) is 0. The van der Waals surface area contributed by atoms with Gasteiger partial charge in [0.1, 0.15) is 17.7 Å². The van der Waals surface area contributed by atoms with Crippen molar-refractivity contribution < 1.29 is 14.3 Å². The number of aryl methyl sites for hydroxylation is 1. The summed E-state index contributed by atoms with van der Waals surface area (Å²) >= 11 is 0. The highest BCUT2D eigenvalue weighted by molar-refractivity contribution is 5.75. The first-order valence-electron chi connectivity index (χ1n) is 5.53. The molecule has 1 aromatic rings. The first-order valence-corrected chi connectivity index (χ1v) is 5.53. The van der Waals surface area contributed by atoms with Gasteiger partial charge in [0.25, 0.3) is 0 Å². The summed E-state index contributed by atoms with van der Waals surface area (Å²) in [7, 11) is 0. The normalized spacial score (nSPS) is 11.3. The second kappa shape index (κ2) is 5.12. The van der Waals surface area contributed by atoms with E-state index in [9.17, 15) is 9.59 Å². The average Bonchev–Trinajstić information content (AvgIpc) is 2.60. The van der Waals surface area contributed by atoms with Crippen molar-refractivity contribution in [3.63, 3.8) is 0 Å². The van der Waals surface area contributed by atoms with E-state index in [1.165, 1.54) is 17.8 Å². The predicted octanol–water partition coefficient (Wildman–Crippen LogP) is 2.19. The SMILES string of the molecule is CC(=O)CCc1cn(C(=O)OC(C)(C)C)cn1. The Morgan fingerprint density at radius 3 is 2.59 bits per heavy atom. The van der Waals surface area contributed by atoms with E-state index < -0.39 is 11.7 Å². The van der Waals surface area contributed by atoms with Crippen LogP contribution in [-0.2, 0) is 16.0 Å². The maximum absolute atomic E-state index is 11.6. The number of ether oxygens (including phenoxy) is 1. The van der Waals surface area contributed by atoms with Crippen LogP contribution in [0.2, 0.25) is 0 Å². The Morgan fingerprint density at radius 1 is 1.41 bits per heavy atom. The molecule has 0 spiro atoms. The number of hydrogen-bond acceptors (Lipinski definition) is 4. The highest BCUT2D eigenvalue weighted by atomic mass is 16.6. The quantitative estimate of drug-likeness (QED) is 0.809. The molecule has 5 heteroatoms. The molecular weight excluding hydrogens is 220 g/mol. The van der Waals surface area contributed by atoms with E-state index in [4.69, 9.17) is 4.74 Å². The summed E-state index contributed by atoms with van der Waals surface area (Å²) in [6.07, 6.45) is 3.52. The molecule has 0 aromatic carbocycles. The lowest BCUT2D eigenvalue weighted by atomic mass is 10.2. The maximum atomic E-state index is 11.6. The van der Waals surface area contributed by atoms with Crippen molar-refractivity contribution >= 4 is 11.9 Å². The molecule has 0 unspecified atom stereocenters. The third-order valence-electron chi connectivity index (χ3n) is 1.97. The van der Waals surface area contributed by atoms with Crippen molar-refractivity contribution in [3.05, 3.63) is 18.2 Å². The van der Waals surface area contributed by atoms with Crippen LogP contribution < -0.4 is 0 Å². The molecule has 1 heterocycles. The van der Waals surface area contributed by atoms with Crippen LogP contribution in [0.1, 0.15) is 39.8 Å². The fourth-order valence-electron chi connectivity index (χ4n) is 1.21.